The molecular formula is C24H25N3O4. The predicted octanol–water partition coefficient (Wildman–Crippen LogP) is 4.32. The molecule has 0 spiro atoms. The second-order valence-corrected chi connectivity index (χ2v) is 6.95. The number of hydrogen-bond donors (Lipinski definition) is 1. The molecule has 3 rings (SSSR count). The number of rotatable bonds is 8. The Bertz CT molecular complexity index is 1080. The quantitative estimate of drug-likeness (QED) is 0.550. The second-order valence-electron chi connectivity index (χ2n) is 6.95. The normalized spacial score (nSPS) is 10.4. The number of benzene rings is 2. The van der Waals surface area contributed by atoms with Gasteiger partial charge in [0.05, 0.1) is 18.3 Å². The molecule has 3 aromatic rings. The summed E-state index contributed by atoms with van der Waals surface area (Å²) in [5.74, 6) is 0.305. The van der Waals surface area contributed by atoms with Crippen molar-refractivity contribution < 1.29 is 19.1 Å². The van der Waals surface area contributed by atoms with E-state index in [1.165, 1.54) is 4.90 Å². The average Bonchev–Trinajstić information content (AvgIpc) is 2.77. The van der Waals surface area contributed by atoms with Gasteiger partial charge in [0, 0.05) is 17.6 Å². The number of ether oxygens (including phenoxy) is 2. The topological polar surface area (TPSA) is 80.8 Å². The molecule has 0 unspecified atom stereocenters. The fraction of sp³-hybridized carbons (Fsp3) is 0.208. The number of carbonyl (C=O) groups is 2. The van der Waals surface area contributed by atoms with Crippen molar-refractivity contribution in [1.82, 2.24) is 9.88 Å². The highest BCUT2D eigenvalue weighted by molar-refractivity contribution is 6.02. The summed E-state index contributed by atoms with van der Waals surface area (Å²) in [5.41, 5.74) is 2.97. The molecule has 0 atom stereocenters. The van der Waals surface area contributed by atoms with E-state index >= 15 is 0 Å². The SMILES string of the molecule is C=CCN(CC(=O)Nc1cc(C)nc2ccc(OC)cc12)C(=O)OCc1ccccc1. The molecule has 2 amide bonds. The summed E-state index contributed by atoms with van der Waals surface area (Å²) in [6.07, 6.45) is 0.963. The van der Waals surface area contributed by atoms with Crippen LogP contribution in [0.1, 0.15) is 11.3 Å². The summed E-state index contributed by atoms with van der Waals surface area (Å²) >= 11 is 0. The molecule has 0 aliphatic heterocycles. The van der Waals surface area contributed by atoms with Crippen LogP contribution < -0.4 is 10.1 Å². The largest absolute Gasteiger partial charge is 0.497 e. The molecule has 31 heavy (non-hydrogen) atoms. The maximum Gasteiger partial charge on any atom is 0.410 e. The summed E-state index contributed by atoms with van der Waals surface area (Å²) in [6.45, 7) is 5.65. The third kappa shape index (κ3) is 5.82. The summed E-state index contributed by atoms with van der Waals surface area (Å²) in [6, 6.07) is 16.6. The Hall–Kier alpha value is -3.87. The monoisotopic (exact) mass is 419 g/mol. The lowest BCUT2D eigenvalue weighted by Gasteiger charge is -2.20. The van der Waals surface area contributed by atoms with Gasteiger partial charge < -0.3 is 14.8 Å². The number of nitrogens with zero attached hydrogens (tertiary/aromatic N) is 2. The van der Waals surface area contributed by atoms with E-state index < -0.39 is 6.09 Å². The van der Waals surface area contributed by atoms with Crippen molar-refractivity contribution in [2.75, 3.05) is 25.5 Å². The Morgan fingerprint density at radius 2 is 1.94 bits per heavy atom. The van der Waals surface area contributed by atoms with Crippen LogP contribution in [-0.2, 0) is 16.1 Å². The molecule has 0 saturated heterocycles. The summed E-state index contributed by atoms with van der Waals surface area (Å²) in [5, 5.41) is 3.63. The molecule has 0 radical (unpaired) electrons. The molecule has 160 valence electrons. The number of carbonyl (C=O) groups excluding carboxylic acids is 2. The first-order chi connectivity index (χ1) is 15.0. The minimum atomic E-state index is -0.587. The molecule has 0 saturated carbocycles. The van der Waals surface area contributed by atoms with E-state index in [0.29, 0.717) is 11.4 Å². The van der Waals surface area contributed by atoms with Crippen LogP contribution in [0.3, 0.4) is 0 Å². The highest BCUT2D eigenvalue weighted by Gasteiger charge is 2.18. The molecular weight excluding hydrogens is 394 g/mol. The zero-order valence-corrected chi connectivity index (χ0v) is 17.6. The van der Waals surface area contributed by atoms with Crippen LogP contribution >= 0.6 is 0 Å². The van der Waals surface area contributed by atoms with E-state index in [1.54, 1.807) is 19.3 Å². The van der Waals surface area contributed by atoms with Gasteiger partial charge in [0.1, 0.15) is 18.9 Å². The molecule has 0 aliphatic rings. The second kappa shape index (κ2) is 10.2. The van der Waals surface area contributed by atoms with Gasteiger partial charge in [0.15, 0.2) is 0 Å². The van der Waals surface area contributed by atoms with E-state index in [0.717, 1.165) is 22.2 Å². The number of fused-ring (bicyclic) bond motifs is 1. The molecule has 1 aromatic heterocycles. The van der Waals surface area contributed by atoms with E-state index in [9.17, 15) is 9.59 Å². The van der Waals surface area contributed by atoms with Crippen molar-refractivity contribution in [2.24, 2.45) is 0 Å². The van der Waals surface area contributed by atoms with Gasteiger partial charge >= 0.3 is 6.09 Å². The number of amides is 2. The molecule has 7 heteroatoms. The molecule has 7 nitrogen and oxygen atoms in total. The lowest BCUT2D eigenvalue weighted by Crippen LogP contribution is -2.38. The molecule has 0 aliphatic carbocycles. The van der Waals surface area contributed by atoms with E-state index in [4.69, 9.17) is 9.47 Å². The van der Waals surface area contributed by atoms with Gasteiger partial charge in [-0.15, -0.1) is 6.58 Å². The molecule has 1 heterocycles. The van der Waals surface area contributed by atoms with Crippen LogP contribution in [-0.4, -0.2) is 42.1 Å². The van der Waals surface area contributed by atoms with Gasteiger partial charge in [0.2, 0.25) is 5.91 Å². The highest BCUT2D eigenvalue weighted by atomic mass is 16.6. The predicted molar refractivity (Wildman–Crippen MR) is 120 cm³/mol. The Labute approximate surface area is 181 Å². The Balaban J connectivity index is 1.71. The number of aromatic nitrogens is 1. The van der Waals surface area contributed by atoms with E-state index in [2.05, 4.69) is 16.9 Å². The van der Waals surface area contributed by atoms with Gasteiger partial charge in [-0.3, -0.25) is 14.7 Å². The minimum Gasteiger partial charge on any atom is -0.497 e. The van der Waals surface area contributed by atoms with Crippen molar-refractivity contribution in [3.63, 3.8) is 0 Å². The van der Waals surface area contributed by atoms with Crippen molar-refractivity contribution in [2.45, 2.75) is 13.5 Å². The number of aryl methyl sites for hydroxylation is 1. The first-order valence-corrected chi connectivity index (χ1v) is 9.82. The number of anilines is 1. The minimum absolute atomic E-state index is 0.128. The molecule has 0 bridgehead atoms. The molecule has 0 fully saturated rings. The fourth-order valence-corrected chi connectivity index (χ4v) is 3.10. The van der Waals surface area contributed by atoms with Crippen LogP contribution in [0.4, 0.5) is 10.5 Å². The van der Waals surface area contributed by atoms with Crippen molar-refractivity contribution in [1.29, 1.82) is 0 Å². The van der Waals surface area contributed by atoms with Gasteiger partial charge in [-0.2, -0.15) is 0 Å². The van der Waals surface area contributed by atoms with Gasteiger partial charge in [0.25, 0.3) is 0 Å². The number of hydrogen-bond acceptors (Lipinski definition) is 5. The van der Waals surface area contributed by atoms with Crippen LogP contribution in [0.5, 0.6) is 5.75 Å². The smallest absolute Gasteiger partial charge is 0.410 e. The van der Waals surface area contributed by atoms with Gasteiger partial charge in [-0.05, 0) is 36.8 Å². The fourth-order valence-electron chi connectivity index (χ4n) is 3.10. The number of pyridine rings is 1. The van der Waals surface area contributed by atoms with Crippen LogP contribution in [0.2, 0.25) is 0 Å². The number of nitrogens with one attached hydrogen (secondary N) is 1. The standard InChI is InChI=1S/C24H25N3O4/c1-4-12-27(24(29)31-16-18-8-6-5-7-9-18)15-23(28)26-22-13-17(2)25-21-11-10-19(30-3)14-20(21)22/h4-11,13-14H,1,12,15-16H2,2-3H3,(H,25,26,28). The Morgan fingerprint density at radius 1 is 1.16 bits per heavy atom. The third-order valence-corrected chi connectivity index (χ3v) is 4.57. The maximum absolute atomic E-state index is 12.7. The van der Waals surface area contributed by atoms with Crippen LogP contribution in [0.25, 0.3) is 10.9 Å². The maximum atomic E-state index is 12.7. The average molecular weight is 419 g/mol. The highest BCUT2D eigenvalue weighted by Crippen LogP contribution is 2.27. The van der Waals surface area contributed by atoms with Crippen LogP contribution in [0, 0.1) is 6.92 Å². The summed E-state index contributed by atoms with van der Waals surface area (Å²) in [4.78, 5) is 31.0. The Morgan fingerprint density at radius 3 is 2.65 bits per heavy atom. The first kappa shape index (κ1) is 21.8. The van der Waals surface area contributed by atoms with Crippen molar-refractivity contribution in [3.8, 4) is 5.75 Å². The lowest BCUT2D eigenvalue weighted by molar-refractivity contribution is -0.117. The van der Waals surface area contributed by atoms with Crippen molar-refractivity contribution >= 4 is 28.6 Å². The van der Waals surface area contributed by atoms with E-state index in [-0.39, 0.29) is 25.6 Å². The number of methoxy groups -OCH3 is 1. The third-order valence-electron chi connectivity index (χ3n) is 4.57. The summed E-state index contributed by atoms with van der Waals surface area (Å²) in [7, 11) is 1.58. The first-order valence-electron chi connectivity index (χ1n) is 9.82. The zero-order chi connectivity index (χ0) is 22.2. The van der Waals surface area contributed by atoms with Crippen molar-refractivity contribution in [3.05, 3.63) is 78.5 Å². The zero-order valence-electron chi connectivity index (χ0n) is 17.6. The van der Waals surface area contributed by atoms with Gasteiger partial charge in [-0.25, -0.2) is 4.79 Å². The molecule has 2 aromatic carbocycles. The van der Waals surface area contributed by atoms with Crippen LogP contribution in [0.15, 0.2) is 67.3 Å². The van der Waals surface area contributed by atoms with E-state index in [1.807, 2.05) is 55.5 Å². The summed E-state index contributed by atoms with van der Waals surface area (Å²) < 4.78 is 10.6. The molecule has 1 N–H and O–H groups in total. The van der Waals surface area contributed by atoms with Gasteiger partial charge in [-0.1, -0.05) is 36.4 Å². The Kier molecular flexibility index (Phi) is 7.22. The lowest BCUT2D eigenvalue weighted by atomic mass is 10.1.